The monoisotopic (exact) mass is 372 g/mol. The van der Waals surface area contributed by atoms with Gasteiger partial charge in [0.05, 0.1) is 4.88 Å². The lowest BCUT2D eigenvalue weighted by Crippen LogP contribution is -2.37. The van der Waals surface area contributed by atoms with E-state index in [9.17, 15) is 9.18 Å². The third-order valence-electron chi connectivity index (χ3n) is 4.16. The van der Waals surface area contributed by atoms with Crippen molar-refractivity contribution in [3.05, 3.63) is 64.8 Å². The summed E-state index contributed by atoms with van der Waals surface area (Å²) in [6.07, 6.45) is 0. The van der Waals surface area contributed by atoms with Gasteiger partial charge < -0.3 is 15.4 Å². The smallest absolute Gasteiger partial charge is 0.261 e. The van der Waals surface area contributed by atoms with Crippen LogP contribution in [0.3, 0.4) is 0 Å². The molecule has 0 saturated heterocycles. The Balaban J connectivity index is 1.91. The van der Waals surface area contributed by atoms with Crippen LogP contribution in [0, 0.1) is 5.82 Å². The second-order valence-corrected chi connectivity index (χ2v) is 7.08. The van der Waals surface area contributed by atoms with Crippen molar-refractivity contribution >= 4 is 27.3 Å². The third-order valence-corrected chi connectivity index (χ3v) is 5.35. The summed E-state index contributed by atoms with van der Waals surface area (Å²) < 4.78 is 21.0. The van der Waals surface area contributed by atoms with Gasteiger partial charge in [0, 0.05) is 28.2 Å². The predicted molar refractivity (Wildman–Crippen MR) is 103 cm³/mol. The fourth-order valence-corrected chi connectivity index (χ4v) is 3.73. The molecule has 0 aliphatic rings. The number of benzene rings is 2. The summed E-state index contributed by atoms with van der Waals surface area (Å²) in [6, 6.07) is 14.3. The van der Waals surface area contributed by atoms with Crippen LogP contribution in [-0.2, 0) is 6.61 Å². The number of hydrogen-bond acceptors (Lipinski definition) is 4. The molecule has 1 unspecified atom stereocenters. The number of ether oxygens (including phenoxy) is 1. The van der Waals surface area contributed by atoms with E-state index in [0.717, 1.165) is 4.70 Å². The van der Waals surface area contributed by atoms with Gasteiger partial charge in [-0.15, -0.1) is 11.3 Å². The average Bonchev–Trinajstić information content (AvgIpc) is 3.05. The van der Waals surface area contributed by atoms with Crippen LogP contribution in [0.1, 0.15) is 22.2 Å². The lowest BCUT2D eigenvalue weighted by molar-refractivity contribution is 0.0952. The fraction of sp³-hybridized carbons (Fsp3) is 0.250. The molecule has 3 rings (SSSR count). The Hall–Kier alpha value is -2.44. The molecular formula is C20H21FN2O2S. The lowest BCUT2D eigenvalue weighted by atomic mass is 10.1. The van der Waals surface area contributed by atoms with Crippen LogP contribution in [0.15, 0.2) is 48.5 Å². The molecule has 26 heavy (non-hydrogen) atoms. The van der Waals surface area contributed by atoms with Crippen LogP contribution in [0.5, 0.6) is 5.75 Å². The number of thiophene rings is 1. The van der Waals surface area contributed by atoms with Gasteiger partial charge in [0.1, 0.15) is 18.2 Å². The average molecular weight is 372 g/mol. The van der Waals surface area contributed by atoms with E-state index in [2.05, 4.69) is 10.6 Å². The van der Waals surface area contributed by atoms with Gasteiger partial charge in [0.25, 0.3) is 5.91 Å². The first kappa shape index (κ1) is 18.4. The molecule has 2 aromatic carbocycles. The number of hydrogen-bond donors (Lipinski definition) is 2. The molecule has 0 aliphatic carbocycles. The number of para-hydroxylation sites is 1. The summed E-state index contributed by atoms with van der Waals surface area (Å²) >= 11 is 1.29. The molecule has 1 atom stereocenters. The molecule has 6 heteroatoms. The molecule has 0 radical (unpaired) electrons. The molecule has 3 aromatic rings. The van der Waals surface area contributed by atoms with Crippen molar-refractivity contribution in [2.45, 2.75) is 19.6 Å². The van der Waals surface area contributed by atoms with E-state index in [1.165, 1.54) is 17.4 Å². The second-order valence-electron chi connectivity index (χ2n) is 6.02. The molecule has 0 spiro atoms. The SMILES string of the molecule is CNC(C)CNC(=O)c1sc2cccc(F)c2c1COc1ccccc1. The minimum absolute atomic E-state index is 0.134. The van der Waals surface area contributed by atoms with Crippen LogP contribution < -0.4 is 15.4 Å². The maximum atomic E-state index is 14.4. The van der Waals surface area contributed by atoms with Gasteiger partial charge in [-0.05, 0) is 38.2 Å². The molecule has 1 amide bonds. The highest BCUT2D eigenvalue weighted by Gasteiger charge is 2.21. The summed E-state index contributed by atoms with van der Waals surface area (Å²) in [5.74, 6) is 0.130. The number of likely N-dealkylation sites (N-methyl/N-ethyl adjacent to an activating group) is 1. The van der Waals surface area contributed by atoms with E-state index in [0.29, 0.717) is 28.1 Å². The molecule has 0 fully saturated rings. The fourth-order valence-electron chi connectivity index (χ4n) is 2.59. The summed E-state index contributed by atoms with van der Waals surface area (Å²) in [5.41, 5.74) is 0.585. The zero-order valence-electron chi connectivity index (χ0n) is 14.7. The zero-order chi connectivity index (χ0) is 18.5. The van der Waals surface area contributed by atoms with Gasteiger partial charge in [0.15, 0.2) is 0 Å². The number of carbonyl (C=O) groups is 1. The lowest BCUT2D eigenvalue weighted by Gasteiger charge is -2.12. The van der Waals surface area contributed by atoms with Gasteiger partial charge in [-0.25, -0.2) is 4.39 Å². The van der Waals surface area contributed by atoms with Gasteiger partial charge in [0.2, 0.25) is 0 Å². The third kappa shape index (κ3) is 4.03. The van der Waals surface area contributed by atoms with Crippen molar-refractivity contribution in [2.24, 2.45) is 0 Å². The topological polar surface area (TPSA) is 50.4 Å². The molecule has 0 aliphatic heterocycles. The molecule has 136 valence electrons. The summed E-state index contributed by atoms with van der Waals surface area (Å²) in [4.78, 5) is 13.2. The molecule has 1 aromatic heterocycles. The summed E-state index contributed by atoms with van der Waals surface area (Å²) in [6.45, 7) is 2.60. The quantitative estimate of drug-likeness (QED) is 0.660. The Morgan fingerprint density at radius 3 is 2.69 bits per heavy atom. The van der Waals surface area contributed by atoms with Crippen molar-refractivity contribution in [3.63, 3.8) is 0 Å². The largest absolute Gasteiger partial charge is 0.489 e. The van der Waals surface area contributed by atoms with Crippen molar-refractivity contribution in [3.8, 4) is 5.75 Å². The van der Waals surface area contributed by atoms with Crippen LogP contribution in [0.25, 0.3) is 10.1 Å². The van der Waals surface area contributed by atoms with E-state index in [-0.39, 0.29) is 24.4 Å². The van der Waals surface area contributed by atoms with Crippen molar-refractivity contribution in [1.82, 2.24) is 10.6 Å². The van der Waals surface area contributed by atoms with Gasteiger partial charge in [-0.1, -0.05) is 24.3 Å². The molecule has 4 nitrogen and oxygen atoms in total. The minimum atomic E-state index is -0.340. The highest BCUT2D eigenvalue weighted by molar-refractivity contribution is 7.21. The maximum absolute atomic E-state index is 14.4. The Labute approximate surface area is 156 Å². The van der Waals surface area contributed by atoms with Crippen LogP contribution in [0.2, 0.25) is 0 Å². The molecule has 0 saturated carbocycles. The number of rotatable bonds is 7. The van der Waals surface area contributed by atoms with Crippen molar-refractivity contribution < 1.29 is 13.9 Å². The maximum Gasteiger partial charge on any atom is 0.261 e. The van der Waals surface area contributed by atoms with E-state index in [4.69, 9.17) is 4.74 Å². The van der Waals surface area contributed by atoms with Gasteiger partial charge >= 0.3 is 0 Å². The van der Waals surface area contributed by atoms with Crippen LogP contribution in [-0.4, -0.2) is 25.5 Å². The van der Waals surface area contributed by atoms with Crippen molar-refractivity contribution in [2.75, 3.05) is 13.6 Å². The summed E-state index contributed by atoms with van der Waals surface area (Å²) in [5, 5.41) is 6.43. The number of amides is 1. The molecular weight excluding hydrogens is 351 g/mol. The highest BCUT2D eigenvalue weighted by Crippen LogP contribution is 2.34. The van der Waals surface area contributed by atoms with Crippen molar-refractivity contribution in [1.29, 1.82) is 0 Å². The standard InChI is InChI=1S/C20H21FN2O2S/c1-13(22-2)11-23-20(24)19-15(12-25-14-7-4-3-5-8-14)18-16(21)9-6-10-17(18)26-19/h3-10,13,22H,11-12H2,1-2H3,(H,23,24). The van der Waals surface area contributed by atoms with Gasteiger partial charge in [-0.3, -0.25) is 4.79 Å². The van der Waals surface area contributed by atoms with E-state index in [1.54, 1.807) is 6.07 Å². The highest BCUT2D eigenvalue weighted by atomic mass is 32.1. The first-order valence-corrected chi connectivity index (χ1v) is 9.25. The molecule has 1 heterocycles. The zero-order valence-corrected chi connectivity index (χ0v) is 15.5. The van der Waals surface area contributed by atoms with Crippen LogP contribution >= 0.6 is 11.3 Å². The molecule has 2 N–H and O–H groups in total. The van der Waals surface area contributed by atoms with E-state index < -0.39 is 0 Å². The minimum Gasteiger partial charge on any atom is -0.489 e. The summed E-state index contributed by atoms with van der Waals surface area (Å²) in [7, 11) is 1.84. The normalized spacial score (nSPS) is 12.1. The Kier molecular flexibility index (Phi) is 5.85. The van der Waals surface area contributed by atoms with Gasteiger partial charge in [-0.2, -0.15) is 0 Å². The number of nitrogens with one attached hydrogen (secondary N) is 2. The Morgan fingerprint density at radius 1 is 1.19 bits per heavy atom. The Morgan fingerprint density at radius 2 is 1.96 bits per heavy atom. The number of fused-ring (bicyclic) bond motifs is 1. The van der Waals surface area contributed by atoms with E-state index >= 15 is 0 Å². The first-order chi connectivity index (χ1) is 12.6. The predicted octanol–water partition coefficient (Wildman–Crippen LogP) is 3.96. The molecule has 0 bridgehead atoms. The van der Waals surface area contributed by atoms with Crippen LogP contribution in [0.4, 0.5) is 4.39 Å². The Bertz CT molecular complexity index is 895. The van der Waals surface area contributed by atoms with E-state index in [1.807, 2.05) is 50.4 Å². The first-order valence-electron chi connectivity index (χ1n) is 8.43. The number of carbonyl (C=O) groups excluding carboxylic acids is 1. The number of halogens is 1. The second kappa shape index (κ2) is 8.29.